The van der Waals surface area contributed by atoms with E-state index in [0.717, 1.165) is 11.4 Å². The molecule has 1 atom stereocenters. The van der Waals surface area contributed by atoms with E-state index in [1.807, 2.05) is 13.1 Å². The number of halogens is 1. The smallest absolute Gasteiger partial charge is 0.198 e. The van der Waals surface area contributed by atoms with E-state index in [4.69, 9.17) is 16.0 Å². The van der Waals surface area contributed by atoms with Crippen molar-refractivity contribution in [3.05, 3.63) is 53.1 Å². The minimum atomic E-state index is -3.48. The van der Waals surface area contributed by atoms with Crippen molar-refractivity contribution in [3.63, 3.8) is 0 Å². The maximum Gasteiger partial charge on any atom is 0.198 e. The second-order valence-electron chi connectivity index (χ2n) is 7.99. The first-order valence-corrected chi connectivity index (χ1v) is 11.0. The van der Waals surface area contributed by atoms with Crippen LogP contribution in [0.15, 0.2) is 45.8 Å². The molecule has 2 heterocycles. The summed E-state index contributed by atoms with van der Waals surface area (Å²) in [7, 11) is -1.63. The molecular weight excluding hydrogens is 398 g/mol. The van der Waals surface area contributed by atoms with Crippen LogP contribution in [0.4, 0.5) is 0 Å². The number of hydrogen-bond donors (Lipinski definition) is 0. The highest BCUT2D eigenvalue weighted by Gasteiger charge is 2.25. The van der Waals surface area contributed by atoms with Crippen LogP contribution >= 0.6 is 11.6 Å². The van der Waals surface area contributed by atoms with Gasteiger partial charge in [0.2, 0.25) is 0 Å². The highest BCUT2D eigenvalue weighted by Crippen LogP contribution is 2.29. The molecule has 0 aliphatic heterocycles. The molecule has 0 amide bonds. The van der Waals surface area contributed by atoms with E-state index >= 15 is 0 Å². The van der Waals surface area contributed by atoms with Gasteiger partial charge in [0, 0.05) is 23.4 Å². The average molecular weight is 422 g/mol. The Bertz CT molecular complexity index is 1080. The lowest BCUT2D eigenvalue weighted by Crippen LogP contribution is -2.13. The van der Waals surface area contributed by atoms with Crippen LogP contribution in [-0.2, 0) is 22.3 Å². The molecule has 0 bridgehead atoms. The zero-order valence-electron chi connectivity index (χ0n) is 16.6. The van der Waals surface area contributed by atoms with E-state index in [9.17, 15) is 8.42 Å². The highest BCUT2D eigenvalue weighted by molar-refractivity contribution is 7.91. The summed E-state index contributed by atoms with van der Waals surface area (Å²) in [5.41, 5.74) is 1.66. The summed E-state index contributed by atoms with van der Waals surface area (Å²) in [6.07, 6.45) is 1.62. The SMILES string of the molecule is CC(CS(=O)(=O)c1ccc(Cl)cc1)c1ncc(-c2cc(C(C)(C)C)nn2C)o1. The molecule has 0 saturated heterocycles. The van der Waals surface area contributed by atoms with Crippen LogP contribution < -0.4 is 0 Å². The van der Waals surface area contributed by atoms with Gasteiger partial charge < -0.3 is 4.42 Å². The molecule has 8 heteroatoms. The lowest BCUT2D eigenvalue weighted by molar-refractivity contribution is 0.475. The molecular formula is C20H24ClN3O3S. The number of sulfone groups is 1. The summed E-state index contributed by atoms with van der Waals surface area (Å²) in [4.78, 5) is 4.54. The van der Waals surface area contributed by atoms with Crippen molar-refractivity contribution >= 4 is 21.4 Å². The number of nitrogens with zero attached hydrogens (tertiary/aromatic N) is 3. The second-order valence-corrected chi connectivity index (χ2v) is 10.5. The van der Waals surface area contributed by atoms with Gasteiger partial charge in [-0.25, -0.2) is 13.4 Å². The van der Waals surface area contributed by atoms with E-state index in [1.54, 1.807) is 29.9 Å². The Morgan fingerprint density at radius 2 is 1.86 bits per heavy atom. The fraction of sp³-hybridized carbons (Fsp3) is 0.400. The third-order valence-corrected chi connectivity index (χ3v) is 6.67. The standard InChI is InChI=1S/C20H24ClN3O3S/c1-13(12-28(25,26)15-8-6-14(21)7-9-15)19-22-11-17(27-19)16-10-18(20(2,3)4)23-24(16)5/h6-11,13H,12H2,1-5H3. The van der Waals surface area contributed by atoms with Crippen LogP contribution in [0.3, 0.4) is 0 Å². The third-order valence-electron chi connectivity index (χ3n) is 4.49. The Hall–Kier alpha value is -2.12. The van der Waals surface area contributed by atoms with Crippen molar-refractivity contribution in [2.24, 2.45) is 7.05 Å². The molecule has 3 rings (SSSR count). The summed E-state index contributed by atoms with van der Waals surface area (Å²) in [5.74, 6) is 0.444. The summed E-state index contributed by atoms with van der Waals surface area (Å²) in [6.45, 7) is 8.06. The predicted molar refractivity (Wildman–Crippen MR) is 109 cm³/mol. The molecule has 0 spiro atoms. The monoisotopic (exact) mass is 421 g/mol. The Labute approximate surface area is 170 Å². The Morgan fingerprint density at radius 3 is 2.43 bits per heavy atom. The van der Waals surface area contributed by atoms with Crippen molar-refractivity contribution in [1.82, 2.24) is 14.8 Å². The van der Waals surface area contributed by atoms with E-state index in [1.165, 1.54) is 12.1 Å². The molecule has 6 nitrogen and oxygen atoms in total. The number of aromatic nitrogens is 3. The predicted octanol–water partition coefficient (Wildman–Crippen LogP) is 4.60. The van der Waals surface area contributed by atoms with Gasteiger partial charge in [0.05, 0.1) is 22.5 Å². The van der Waals surface area contributed by atoms with Gasteiger partial charge in [0.15, 0.2) is 21.5 Å². The molecule has 0 N–H and O–H groups in total. The molecule has 1 unspecified atom stereocenters. The molecule has 0 aliphatic carbocycles. The van der Waals surface area contributed by atoms with Gasteiger partial charge in [-0.3, -0.25) is 4.68 Å². The summed E-state index contributed by atoms with van der Waals surface area (Å²) in [5, 5.41) is 5.04. The lowest BCUT2D eigenvalue weighted by Gasteiger charge is -2.13. The Kier molecular flexibility index (Phi) is 5.42. The fourth-order valence-corrected chi connectivity index (χ4v) is 4.51. The molecule has 0 aliphatic rings. The average Bonchev–Trinajstić information content (AvgIpc) is 3.21. The van der Waals surface area contributed by atoms with Crippen molar-refractivity contribution in [1.29, 1.82) is 0 Å². The molecule has 0 fully saturated rings. The van der Waals surface area contributed by atoms with Crippen LogP contribution in [0.5, 0.6) is 0 Å². The van der Waals surface area contributed by atoms with Crippen LogP contribution in [-0.4, -0.2) is 28.9 Å². The zero-order valence-corrected chi connectivity index (χ0v) is 18.2. The van der Waals surface area contributed by atoms with Crippen LogP contribution in [0.2, 0.25) is 5.02 Å². The lowest BCUT2D eigenvalue weighted by atomic mass is 9.92. The van der Waals surface area contributed by atoms with Gasteiger partial charge in [0.25, 0.3) is 0 Å². The molecule has 150 valence electrons. The van der Waals surface area contributed by atoms with E-state index in [0.29, 0.717) is 16.7 Å². The molecule has 2 aromatic heterocycles. The molecule has 28 heavy (non-hydrogen) atoms. The van der Waals surface area contributed by atoms with Crippen LogP contribution in [0, 0.1) is 0 Å². The third kappa shape index (κ3) is 4.31. The van der Waals surface area contributed by atoms with Crippen molar-refractivity contribution in [3.8, 4) is 11.5 Å². The van der Waals surface area contributed by atoms with Crippen molar-refractivity contribution < 1.29 is 12.8 Å². The Morgan fingerprint density at radius 1 is 1.21 bits per heavy atom. The first-order valence-electron chi connectivity index (χ1n) is 8.96. The van der Waals surface area contributed by atoms with Crippen LogP contribution in [0.1, 0.15) is 45.2 Å². The van der Waals surface area contributed by atoms with Gasteiger partial charge in [-0.2, -0.15) is 5.10 Å². The first kappa shape index (κ1) is 20.6. The normalized spacial score (nSPS) is 13.6. The molecule has 0 saturated carbocycles. The van der Waals surface area contributed by atoms with Gasteiger partial charge in [-0.05, 0) is 30.3 Å². The van der Waals surface area contributed by atoms with Crippen molar-refractivity contribution in [2.75, 3.05) is 5.75 Å². The maximum absolute atomic E-state index is 12.6. The first-order chi connectivity index (χ1) is 13.0. The highest BCUT2D eigenvalue weighted by atomic mass is 35.5. The second kappa shape index (κ2) is 7.37. The number of rotatable bonds is 5. The topological polar surface area (TPSA) is 78.0 Å². The van der Waals surface area contributed by atoms with Gasteiger partial charge >= 0.3 is 0 Å². The summed E-state index contributed by atoms with van der Waals surface area (Å²) >= 11 is 5.84. The number of oxazole rings is 1. The maximum atomic E-state index is 12.6. The largest absolute Gasteiger partial charge is 0.439 e. The van der Waals surface area contributed by atoms with E-state index < -0.39 is 15.8 Å². The van der Waals surface area contributed by atoms with Gasteiger partial charge in [0.1, 0.15) is 5.69 Å². The number of aryl methyl sites for hydroxylation is 1. The number of hydrogen-bond acceptors (Lipinski definition) is 5. The van der Waals surface area contributed by atoms with Gasteiger partial charge in [-0.15, -0.1) is 0 Å². The Balaban J connectivity index is 1.82. The minimum absolute atomic E-state index is 0.0845. The molecule has 3 aromatic rings. The number of benzene rings is 1. The molecule has 1 aromatic carbocycles. The van der Waals surface area contributed by atoms with Crippen molar-refractivity contribution in [2.45, 2.75) is 43.9 Å². The van der Waals surface area contributed by atoms with E-state index in [2.05, 4.69) is 30.9 Å². The minimum Gasteiger partial charge on any atom is -0.439 e. The van der Waals surface area contributed by atoms with E-state index in [-0.39, 0.29) is 16.1 Å². The molecule has 0 radical (unpaired) electrons. The fourth-order valence-electron chi connectivity index (χ4n) is 2.84. The van der Waals surface area contributed by atoms with Crippen LogP contribution in [0.25, 0.3) is 11.5 Å². The van der Waals surface area contributed by atoms with Gasteiger partial charge in [-0.1, -0.05) is 39.3 Å². The quantitative estimate of drug-likeness (QED) is 0.601. The zero-order chi connectivity index (χ0) is 20.7. The summed E-state index contributed by atoms with van der Waals surface area (Å²) < 4.78 is 32.9. The summed E-state index contributed by atoms with van der Waals surface area (Å²) in [6, 6.07) is 8.12.